The molecule has 0 spiro atoms. The molecule has 1 amide bonds. The molecule has 1 aliphatic heterocycles. The summed E-state index contributed by atoms with van der Waals surface area (Å²) in [5, 5.41) is 9.82. The molecule has 1 saturated heterocycles. The molecule has 1 fully saturated rings. The van der Waals surface area contributed by atoms with Crippen molar-refractivity contribution in [1.29, 1.82) is 0 Å². The summed E-state index contributed by atoms with van der Waals surface area (Å²) in [5.74, 6) is -0.285. The monoisotopic (exact) mass is 518 g/mol. The summed E-state index contributed by atoms with van der Waals surface area (Å²) in [6.07, 6.45) is 1.45. The molecule has 0 N–H and O–H groups in total. The smallest absolute Gasteiger partial charge is 0.338 e. The number of likely N-dealkylation sites (tertiary alicyclic amines) is 1. The van der Waals surface area contributed by atoms with Crippen LogP contribution >= 0.6 is 12.2 Å². The predicted molar refractivity (Wildman–Crippen MR) is 131 cm³/mol. The van der Waals surface area contributed by atoms with E-state index in [-0.39, 0.29) is 29.5 Å². The van der Waals surface area contributed by atoms with E-state index in [1.54, 1.807) is 24.3 Å². The molecule has 0 radical (unpaired) electrons. The first-order valence-electron chi connectivity index (χ1n) is 10.3. The van der Waals surface area contributed by atoms with E-state index in [1.165, 1.54) is 37.5 Å². The summed E-state index contributed by atoms with van der Waals surface area (Å²) in [5.41, 5.74) is 0.386. The molecule has 10 nitrogen and oxygen atoms in total. The number of carbonyl (C=O) groups is 2. The number of β-lactam (4-membered cyclic amide) rings is 1. The zero-order valence-corrected chi connectivity index (χ0v) is 20.3. The van der Waals surface area contributed by atoms with Gasteiger partial charge in [-0.1, -0.05) is 6.58 Å². The van der Waals surface area contributed by atoms with Crippen molar-refractivity contribution in [2.45, 2.75) is 24.4 Å². The maximum absolute atomic E-state index is 13.1. The molecular formula is C23H22N2O8S2. The van der Waals surface area contributed by atoms with E-state index in [0.29, 0.717) is 17.1 Å². The first-order chi connectivity index (χ1) is 16.7. The number of benzene rings is 2. The van der Waals surface area contributed by atoms with Gasteiger partial charge in [-0.25, -0.2) is 4.79 Å². The molecule has 2 aromatic rings. The summed E-state index contributed by atoms with van der Waals surface area (Å²) in [7, 11) is 1.51. The number of ether oxygens (including phenoxy) is 3. The van der Waals surface area contributed by atoms with E-state index in [9.17, 15) is 24.3 Å². The summed E-state index contributed by atoms with van der Waals surface area (Å²) in [6.45, 7) is 3.34. The van der Waals surface area contributed by atoms with E-state index in [0.717, 1.165) is 4.90 Å². The second-order valence-electron chi connectivity index (χ2n) is 7.33. The molecule has 0 bridgehead atoms. The molecule has 3 unspecified atom stereocenters. The van der Waals surface area contributed by atoms with Crippen molar-refractivity contribution >= 4 is 46.0 Å². The lowest BCUT2D eigenvalue weighted by molar-refractivity contribution is -0.384. The van der Waals surface area contributed by atoms with Crippen LogP contribution in [0.25, 0.3) is 0 Å². The van der Waals surface area contributed by atoms with Gasteiger partial charge in [0.25, 0.3) is 5.69 Å². The highest BCUT2D eigenvalue weighted by Gasteiger charge is 2.52. The molecule has 35 heavy (non-hydrogen) atoms. The predicted octanol–water partition coefficient (Wildman–Crippen LogP) is 2.91. The average molecular weight is 519 g/mol. The van der Waals surface area contributed by atoms with E-state index < -0.39 is 39.4 Å². The number of nitro benzene ring substituents is 1. The van der Waals surface area contributed by atoms with E-state index in [2.05, 4.69) is 6.58 Å². The lowest BCUT2D eigenvalue weighted by Crippen LogP contribution is -2.65. The number of esters is 1. The Morgan fingerprint density at radius 2 is 1.89 bits per heavy atom. The molecule has 184 valence electrons. The van der Waals surface area contributed by atoms with Crippen LogP contribution in [-0.4, -0.2) is 55.6 Å². The molecule has 3 rings (SSSR count). The van der Waals surface area contributed by atoms with E-state index in [4.69, 9.17) is 26.4 Å². The number of rotatable bonds is 11. The van der Waals surface area contributed by atoms with Gasteiger partial charge in [0.1, 0.15) is 23.9 Å². The van der Waals surface area contributed by atoms with Crippen LogP contribution in [0.5, 0.6) is 11.5 Å². The normalized spacial score (nSPS) is 16.5. The number of amides is 1. The minimum absolute atomic E-state index is 0.0161. The fourth-order valence-corrected chi connectivity index (χ4v) is 4.83. The number of carbonyl (C=O) groups excluding carboxylic acids is 2. The highest BCUT2D eigenvalue weighted by molar-refractivity contribution is 7.92. The van der Waals surface area contributed by atoms with Crippen LogP contribution in [0.1, 0.15) is 12.0 Å². The van der Waals surface area contributed by atoms with Crippen molar-refractivity contribution in [3.05, 3.63) is 76.9 Å². The third-order valence-electron chi connectivity index (χ3n) is 5.06. The first-order valence-corrected chi connectivity index (χ1v) is 12.1. The Labute approximate surface area is 209 Å². The molecule has 1 heterocycles. The first kappa shape index (κ1) is 26.1. The van der Waals surface area contributed by atoms with Crippen LogP contribution in [0.4, 0.5) is 5.69 Å². The minimum atomic E-state index is -1.50. The van der Waals surface area contributed by atoms with Gasteiger partial charge in [0.15, 0.2) is 0 Å². The van der Waals surface area contributed by atoms with Gasteiger partial charge in [-0.2, -0.15) is 0 Å². The maximum Gasteiger partial charge on any atom is 0.338 e. The quantitative estimate of drug-likeness (QED) is 0.0838. The Balaban J connectivity index is 1.79. The number of hydrogen-bond acceptors (Lipinski definition) is 9. The number of non-ortho nitro benzene ring substituents is 1. The highest BCUT2D eigenvalue weighted by Crippen LogP contribution is 2.30. The zero-order chi connectivity index (χ0) is 25.5. The van der Waals surface area contributed by atoms with Gasteiger partial charge >= 0.3 is 5.97 Å². The van der Waals surface area contributed by atoms with Crippen LogP contribution in [0.2, 0.25) is 0 Å². The number of nitro groups is 1. The molecule has 12 heteroatoms. The zero-order valence-electron chi connectivity index (χ0n) is 18.7. The third kappa shape index (κ3) is 6.35. The molecular weight excluding hydrogens is 496 g/mol. The van der Waals surface area contributed by atoms with Gasteiger partial charge < -0.3 is 18.8 Å². The SMILES string of the molecule is C=CC[S+]([O-])C1CC(=O)N1C(C(=O)OCc1ccc([N+](=O)[O-])cc1)C(=S)Oc1ccc(OC)cc1. The number of thiocarbonyl (C=S) groups is 1. The van der Waals surface area contributed by atoms with Crippen molar-refractivity contribution in [3.8, 4) is 11.5 Å². The molecule has 2 aromatic carbocycles. The van der Waals surface area contributed by atoms with Crippen LogP contribution < -0.4 is 9.47 Å². The highest BCUT2D eigenvalue weighted by atomic mass is 32.2. The molecule has 0 aromatic heterocycles. The van der Waals surface area contributed by atoms with Crippen LogP contribution in [0.15, 0.2) is 61.2 Å². The Kier molecular flexibility index (Phi) is 8.79. The average Bonchev–Trinajstić information content (AvgIpc) is 2.84. The van der Waals surface area contributed by atoms with Gasteiger partial charge in [-0.3, -0.25) is 19.8 Å². The Hall–Kier alpha value is -3.48. The molecule has 0 aliphatic carbocycles. The van der Waals surface area contributed by atoms with Crippen molar-refractivity contribution in [2.75, 3.05) is 12.9 Å². The van der Waals surface area contributed by atoms with Crippen LogP contribution in [0, 0.1) is 10.1 Å². The van der Waals surface area contributed by atoms with E-state index >= 15 is 0 Å². The van der Waals surface area contributed by atoms with Gasteiger partial charge in [0.2, 0.25) is 22.4 Å². The van der Waals surface area contributed by atoms with Crippen LogP contribution in [-0.2, 0) is 32.1 Å². The fraction of sp³-hybridized carbons (Fsp3) is 0.261. The molecule has 3 atom stereocenters. The van der Waals surface area contributed by atoms with Crippen LogP contribution in [0.3, 0.4) is 0 Å². The summed E-state index contributed by atoms with van der Waals surface area (Å²) < 4.78 is 28.7. The largest absolute Gasteiger partial charge is 0.614 e. The molecule has 1 aliphatic rings. The lowest BCUT2D eigenvalue weighted by Gasteiger charge is -2.43. The van der Waals surface area contributed by atoms with Crippen molar-refractivity contribution in [1.82, 2.24) is 4.90 Å². The number of hydrogen-bond donors (Lipinski definition) is 0. The van der Waals surface area contributed by atoms with Gasteiger partial charge in [-0.05, 0) is 71.4 Å². The minimum Gasteiger partial charge on any atom is -0.614 e. The topological polar surface area (TPSA) is 131 Å². The lowest BCUT2D eigenvalue weighted by atomic mass is 10.1. The van der Waals surface area contributed by atoms with Crippen molar-refractivity contribution < 1.29 is 33.3 Å². The molecule has 0 saturated carbocycles. The van der Waals surface area contributed by atoms with Gasteiger partial charge in [0, 0.05) is 12.1 Å². The number of nitrogens with zero attached hydrogens (tertiary/aromatic N) is 2. The third-order valence-corrected chi connectivity index (χ3v) is 6.94. The Morgan fingerprint density at radius 3 is 2.43 bits per heavy atom. The maximum atomic E-state index is 13.1. The van der Waals surface area contributed by atoms with Crippen molar-refractivity contribution in [2.24, 2.45) is 0 Å². The second kappa shape index (κ2) is 11.8. The van der Waals surface area contributed by atoms with E-state index in [1.807, 2.05) is 0 Å². The standard InChI is InChI=1S/C23H22N2O8S2/c1-3-12-35(30)20-13-19(26)24(20)21(23(34)33-18-10-8-17(31-2)9-11-18)22(27)32-14-15-4-6-16(7-5-15)25(28)29/h3-11,20-21H,1,12-14H2,2H3. The van der Waals surface area contributed by atoms with Gasteiger partial charge in [-0.15, -0.1) is 0 Å². The number of methoxy groups -OCH3 is 1. The second-order valence-corrected chi connectivity index (χ2v) is 9.37. The Morgan fingerprint density at radius 1 is 1.26 bits per heavy atom. The summed E-state index contributed by atoms with van der Waals surface area (Å²) in [4.78, 5) is 37.0. The fourth-order valence-electron chi connectivity index (χ4n) is 3.24. The summed E-state index contributed by atoms with van der Waals surface area (Å²) >= 11 is 3.87. The van der Waals surface area contributed by atoms with Gasteiger partial charge in [0.05, 0.1) is 18.5 Å². The summed E-state index contributed by atoms with van der Waals surface area (Å²) in [6, 6.07) is 10.5. The Bertz CT molecular complexity index is 1110. The van der Waals surface area contributed by atoms with Crippen molar-refractivity contribution in [3.63, 3.8) is 0 Å².